The Labute approximate surface area is 168 Å². The van der Waals surface area contributed by atoms with Crippen molar-refractivity contribution in [1.29, 1.82) is 0 Å². The van der Waals surface area contributed by atoms with Crippen LogP contribution < -0.4 is 5.32 Å². The molecule has 0 unspecified atom stereocenters. The Morgan fingerprint density at radius 2 is 1.50 bits per heavy atom. The molecule has 1 aromatic heterocycles. The maximum atomic E-state index is 12.5. The molecule has 2 aromatic rings. The molecule has 0 radical (unpaired) electrons. The Hall–Kier alpha value is -2.67. The van der Waals surface area contributed by atoms with Crippen LogP contribution in [0.15, 0.2) is 24.3 Å². The van der Waals surface area contributed by atoms with Crippen molar-refractivity contribution in [3.63, 3.8) is 0 Å². The summed E-state index contributed by atoms with van der Waals surface area (Å²) in [4.78, 5) is 37.3. The van der Waals surface area contributed by atoms with Gasteiger partial charge in [0.25, 0.3) is 0 Å². The molecule has 1 amide bonds. The first-order valence-corrected chi connectivity index (χ1v) is 10.1. The van der Waals surface area contributed by atoms with Gasteiger partial charge in [0.05, 0.1) is 25.2 Å². The summed E-state index contributed by atoms with van der Waals surface area (Å²) in [5.41, 5.74) is 2.71. The molecule has 2 rings (SSSR count). The number of esters is 2. The molecule has 0 fully saturated rings. The van der Waals surface area contributed by atoms with Gasteiger partial charge in [0, 0.05) is 0 Å². The quantitative estimate of drug-likeness (QED) is 0.670. The Balaban J connectivity index is 2.26. The van der Waals surface area contributed by atoms with Gasteiger partial charge >= 0.3 is 11.9 Å². The first-order valence-electron chi connectivity index (χ1n) is 9.26. The minimum Gasteiger partial charge on any atom is -0.462 e. The van der Waals surface area contributed by atoms with E-state index in [0.29, 0.717) is 10.6 Å². The van der Waals surface area contributed by atoms with Crippen molar-refractivity contribution in [3.05, 3.63) is 51.4 Å². The number of hydrogen-bond donors (Lipinski definition) is 1. The normalized spacial score (nSPS) is 10.4. The fourth-order valence-electron chi connectivity index (χ4n) is 2.69. The summed E-state index contributed by atoms with van der Waals surface area (Å²) >= 11 is 1.03. The van der Waals surface area contributed by atoms with Crippen LogP contribution in [-0.2, 0) is 27.1 Å². The Morgan fingerprint density at radius 3 is 2.07 bits per heavy atom. The van der Waals surface area contributed by atoms with Gasteiger partial charge in [-0.2, -0.15) is 0 Å². The second-order valence-electron chi connectivity index (χ2n) is 6.10. The van der Waals surface area contributed by atoms with E-state index in [1.54, 1.807) is 20.8 Å². The van der Waals surface area contributed by atoms with Gasteiger partial charge in [0.1, 0.15) is 9.88 Å². The van der Waals surface area contributed by atoms with Gasteiger partial charge in [-0.05, 0) is 43.9 Å². The number of anilines is 1. The number of nitrogens with one attached hydrogen (secondary N) is 1. The van der Waals surface area contributed by atoms with E-state index in [9.17, 15) is 14.4 Å². The number of hydrogen-bond acceptors (Lipinski definition) is 6. The van der Waals surface area contributed by atoms with Crippen molar-refractivity contribution in [1.82, 2.24) is 0 Å². The van der Waals surface area contributed by atoms with E-state index < -0.39 is 11.9 Å². The largest absolute Gasteiger partial charge is 0.462 e. The summed E-state index contributed by atoms with van der Waals surface area (Å²) < 4.78 is 10.1. The second kappa shape index (κ2) is 10.0. The molecule has 0 aliphatic heterocycles. The van der Waals surface area contributed by atoms with E-state index in [1.807, 2.05) is 24.3 Å². The zero-order valence-corrected chi connectivity index (χ0v) is 17.4. The van der Waals surface area contributed by atoms with Gasteiger partial charge < -0.3 is 14.8 Å². The van der Waals surface area contributed by atoms with Gasteiger partial charge in [-0.15, -0.1) is 11.3 Å². The third kappa shape index (κ3) is 5.19. The van der Waals surface area contributed by atoms with E-state index in [1.165, 1.54) is 5.56 Å². The maximum Gasteiger partial charge on any atom is 0.348 e. The third-order valence-corrected chi connectivity index (χ3v) is 5.32. The molecule has 0 saturated carbocycles. The predicted molar refractivity (Wildman–Crippen MR) is 109 cm³/mol. The standard InChI is InChI=1S/C21H25NO5S/c1-5-14-8-10-15(11-9-14)12-16(23)22-19-17(20(24)26-6-2)13(4)18(28-19)21(25)27-7-3/h8-11H,5-7,12H2,1-4H3,(H,22,23). The molecular formula is C21H25NO5S. The number of aryl methyl sites for hydroxylation is 1. The van der Waals surface area contributed by atoms with Crippen molar-refractivity contribution >= 4 is 34.2 Å². The highest BCUT2D eigenvalue weighted by Crippen LogP contribution is 2.34. The van der Waals surface area contributed by atoms with E-state index in [4.69, 9.17) is 9.47 Å². The molecule has 150 valence electrons. The molecule has 7 heteroatoms. The summed E-state index contributed by atoms with van der Waals surface area (Å²) in [6.45, 7) is 7.54. The van der Waals surface area contributed by atoms with E-state index in [0.717, 1.165) is 23.3 Å². The van der Waals surface area contributed by atoms with Crippen LogP contribution in [0.2, 0.25) is 0 Å². The highest BCUT2D eigenvalue weighted by Gasteiger charge is 2.27. The Kier molecular flexibility index (Phi) is 7.75. The molecule has 0 aliphatic carbocycles. The lowest BCUT2D eigenvalue weighted by Gasteiger charge is -2.07. The predicted octanol–water partition coefficient (Wildman–Crippen LogP) is 4.15. The minimum absolute atomic E-state index is 0.165. The molecular weight excluding hydrogens is 378 g/mol. The number of carbonyl (C=O) groups excluding carboxylic acids is 3. The van der Waals surface area contributed by atoms with Crippen LogP contribution in [0.5, 0.6) is 0 Å². The van der Waals surface area contributed by atoms with E-state index in [-0.39, 0.29) is 36.0 Å². The molecule has 0 atom stereocenters. The molecule has 0 spiro atoms. The summed E-state index contributed by atoms with van der Waals surface area (Å²) in [5.74, 6) is -1.37. The molecule has 1 aromatic carbocycles. The van der Waals surface area contributed by atoms with Crippen LogP contribution in [0.1, 0.15) is 57.5 Å². The third-order valence-electron chi connectivity index (χ3n) is 4.14. The number of amides is 1. The smallest absolute Gasteiger partial charge is 0.348 e. The summed E-state index contributed by atoms with van der Waals surface area (Å²) in [7, 11) is 0. The summed E-state index contributed by atoms with van der Waals surface area (Å²) in [6.07, 6.45) is 1.10. The second-order valence-corrected chi connectivity index (χ2v) is 7.12. The van der Waals surface area contributed by atoms with Crippen molar-refractivity contribution in [2.75, 3.05) is 18.5 Å². The molecule has 1 heterocycles. The van der Waals surface area contributed by atoms with Crippen LogP contribution in [-0.4, -0.2) is 31.1 Å². The number of carbonyl (C=O) groups is 3. The molecule has 0 saturated heterocycles. The van der Waals surface area contributed by atoms with E-state index in [2.05, 4.69) is 12.2 Å². The zero-order valence-electron chi connectivity index (χ0n) is 16.6. The SMILES string of the molecule is CCOC(=O)c1sc(NC(=O)Cc2ccc(CC)cc2)c(C(=O)OCC)c1C. The maximum absolute atomic E-state index is 12.5. The highest BCUT2D eigenvalue weighted by molar-refractivity contribution is 7.18. The number of benzene rings is 1. The van der Waals surface area contributed by atoms with Crippen LogP contribution in [0.4, 0.5) is 5.00 Å². The lowest BCUT2D eigenvalue weighted by Crippen LogP contribution is -2.16. The number of thiophene rings is 1. The topological polar surface area (TPSA) is 81.7 Å². The lowest BCUT2D eigenvalue weighted by atomic mass is 10.1. The average molecular weight is 404 g/mol. The first kappa shape index (κ1) is 21.6. The van der Waals surface area contributed by atoms with Crippen molar-refractivity contribution in [2.45, 2.75) is 40.5 Å². The van der Waals surface area contributed by atoms with Crippen molar-refractivity contribution in [2.24, 2.45) is 0 Å². The van der Waals surface area contributed by atoms with Gasteiger partial charge in [-0.1, -0.05) is 31.2 Å². The molecule has 28 heavy (non-hydrogen) atoms. The van der Waals surface area contributed by atoms with Crippen molar-refractivity contribution in [3.8, 4) is 0 Å². The van der Waals surface area contributed by atoms with Gasteiger partial charge in [-0.3, -0.25) is 4.79 Å². The zero-order chi connectivity index (χ0) is 20.7. The average Bonchev–Trinajstić information content (AvgIpc) is 2.98. The molecule has 1 N–H and O–H groups in total. The Morgan fingerprint density at radius 1 is 0.929 bits per heavy atom. The van der Waals surface area contributed by atoms with Crippen molar-refractivity contribution < 1.29 is 23.9 Å². The fraction of sp³-hybridized carbons (Fsp3) is 0.381. The summed E-state index contributed by atoms with van der Waals surface area (Å²) in [6, 6.07) is 7.80. The summed E-state index contributed by atoms with van der Waals surface area (Å²) in [5, 5.41) is 3.06. The molecule has 0 aliphatic rings. The Bertz CT molecular complexity index is 854. The van der Waals surface area contributed by atoms with Gasteiger partial charge in [0.15, 0.2) is 0 Å². The van der Waals surface area contributed by atoms with Crippen LogP contribution in [0.3, 0.4) is 0 Å². The van der Waals surface area contributed by atoms with E-state index >= 15 is 0 Å². The highest BCUT2D eigenvalue weighted by atomic mass is 32.1. The molecule has 6 nitrogen and oxygen atoms in total. The van der Waals surface area contributed by atoms with Gasteiger partial charge in [-0.25, -0.2) is 9.59 Å². The number of rotatable bonds is 8. The first-order chi connectivity index (χ1) is 13.4. The minimum atomic E-state index is -0.575. The number of ether oxygens (including phenoxy) is 2. The fourth-order valence-corrected chi connectivity index (χ4v) is 3.80. The van der Waals surface area contributed by atoms with Gasteiger partial charge in [0.2, 0.25) is 5.91 Å². The lowest BCUT2D eigenvalue weighted by molar-refractivity contribution is -0.115. The van der Waals surface area contributed by atoms with Crippen LogP contribution in [0.25, 0.3) is 0 Å². The monoisotopic (exact) mass is 403 g/mol. The van der Waals surface area contributed by atoms with Crippen LogP contribution >= 0.6 is 11.3 Å². The van der Waals surface area contributed by atoms with Crippen LogP contribution in [0, 0.1) is 6.92 Å². The molecule has 0 bridgehead atoms.